The molecule has 0 spiro atoms. The van der Waals surface area contributed by atoms with Gasteiger partial charge in [0.1, 0.15) is 0 Å². The average Bonchev–Trinajstić information content (AvgIpc) is 2.99. The molecule has 0 aliphatic rings. The minimum atomic E-state index is -1.19. The monoisotopic (exact) mass is 302 g/mol. The van der Waals surface area contributed by atoms with Gasteiger partial charge >= 0.3 is 5.97 Å². The number of carbonyl (C=O) groups is 2. The number of carboxylic acids is 1. The second-order valence-electron chi connectivity index (χ2n) is 4.25. The van der Waals surface area contributed by atoms with Crippen molar-refractivity contribution >= 4 is 33.9 Å². The van der Waals surface area contributed by atoms with E-state index < -0.39 is 5.97 Å². The number of aromatic nitrogens is 3. The average molecular weight is 302 g/mol. The van der Waals surface area contributed by atoms with E-state index in [0.717, 1.165) is 4.96 Å². The number of carboxylic acid groups (broad SMARTS) is 1. The quantitative estimate of drug-likeness (QED) is 0.764. The van der Waals surface area contributed by atoms with E-state index in [4.69, 9.17) is 5.11 Å². The van der Waals surface area contributed by atoms with Gasteiger partial charge in [0, 0.05) is 24.0 Å². The first-order chi connectivity index (χ1) is 10.1. The smallest absolute Gasteiger partial charge is 0.356 e. The van der Waals surface area contributed by atoms with E-state index in [1.807, 2.05) is 16.0 Å². The van der Waals surface area contributed by atoms with E-state index in [1.54, 1.807) is 12.3 Å². The van der Waals surface area contributed by atoms with Gasteiger partial charge in [-0.1, -0.05) is 0 Å². The minimum Gasteiger partial charge on any atom is -0.476 e. The molecule has 0 bridgehead atoms. The predicted molar refractivity (Wildman–Crippen MR) is 76.6 cm³/mol. The van der Waals surface area contributed by atoms with E-state index in [-0.39, 0.29) is 23.7 Å². The highest BCUT2D eigenvalue weighted by molar-refractivity contribution is 7.15. The molecule has 106 valence electrons. The molecule has 3 aromatic heterocycles. The molecule has 0 saturated heterocycles. The van der Waals surface area contributed by atoms with Crippen molar-refractivity contribution in [1.29, 1.82) is 0 Å². The van der Waals surface area contributed by atoms with Crippen LogP contribution >= 0.6 is 11.3 Å². The highest BCUT2D eigenvalue weighted by Gasteiger charge is 2.14. The normalized spacial score (nSPS) is 10.7. The lowest BCUT2D eigenvalue weighted by molar-refractivity contribution is -0.115. The Labute approximate surface area is 122 Å². The summed E-state index contributed by atoms with van der Waals surface area (Å²) in [4.78, 5) is 31.8. The van der Waals surface area contributed by atoms with Gasteiger partial charge < -0.3 is 10.4 Å². The van der Waals surface area contributed by atoms with Crippen molar-refractivity contribution in [2.45, 2.75) is 6.42 Å². The van der Waals surface area contributed by atoms with Crippen LogP contribution in [0.2, 0.25) is 0 Å². The summed E-state index contributed by atoms with van der Waals surface area (Å²) in [6, 6.07) is 3.06. The SMILES string of the molecule is O=C(Cc1cn2ccsc2n1)Nc1cccnc1C(=O)O. The van der Waals surface area contributed by atoms with Gasteiger partial charge in [-0.15, -0.1) is 11.3 Å². The van der Waals surface area contributed by atoms with Crippen molar-refractivity contribution in [3.8, 4) is 0 Å². The van der Waals surface area contributed by atoms with Gasteiger partial charge in [-0.25, -0.2) is 14.8 Å². The van der Waals surface area contributed by atoms with Gasteiger partial charge in [-0.2, -0.15) is 0 Å². The molecule has 1 amide bonds. The number of amides is 1. The number of nitrogens with one attached hydrogen (secondary N) is 1. The molecular formula is C13H10N4O3S. The Hall–Kier alpha value is -2.74. The number of nitrogens with zero attached hydrogens (tertiary/aromatic N) is 3. The molecule has 3 aromatic rings. The number of rotatable bonds is 4. The van der Waals surface area contributed by atoms with Crippen molar-refractivity contribution in [2.75, 3.05) is 5.32 Å². The molecule has 0 aliphatic heterocycles. The largest absolute Gasteiger partial charge is 0.476 e. The van der Waals surface area contributed by atoms with Gasteiger partial charge in [0.05, 0.1) is 17.8 Å². The van der Waals surface area contributed by atoms with Crippen LogP contribution < -0.4 is 5.32 Å². The van der Waals surface area contributed by atoms with Gasteiger partial charge in [0.15, 0.2) is 10.7 Å². The van der Waals surface area contributed by atoms with Crippen molar-refractivity contribution in [2.24, 2.45) is 0 Å². The number of thiazole rings is 1. The first kappa shape index (κ1) is 13.3. The second-order valence-corrected chi connectivity index (χ2v) is 5.13. The third-order valence-electron chi connectivity index (χ3n) is 2.77. The number of fused-ring (bicyclic) bond motifs is 1. The fraction of sp³-hybridized carbons (Fsp3) is 0.0769. The summed E-state index contributed by atoms with van der Waals surface area (Å²) in [6.07, 6.45) is 5.07. The minimum absolute atomic E-state index is 0.0718. The Balaban J connectivity index is 1.75. The molecule has 0 aliphatic carbocycles. The van der Waals surface area contributed by atoms with Crippen LogP contribution in [0.4, 0.5) is 5.69 Å². The van der Waals surface area contributed by atoms with Crippen molar-refractivity contribution in [3.05, 3.63) is 47.5 Å². The maximum Gasteiger partial charge on any atom is 0.356 e. The highest BCUT2D eigenvalue weighted by atomic mass is 32.1. The summed E-state index contributed by atoms with van der Waals surface area (Å²) >= 11 is 1.48. The van der Waals surface area contributed by atoms with E-state index in [1.165, 1.54) is 23.6 Å². The van der Waals surface area contributed by atoms with Gasteiger partial charge in [-0.3, -0.25) is 9.20 Å². The van der Waals surface area contributed by atoms with E-state index in [9.17, 15) is 9.59 Å². The van der Waals surface area contributed by atoms with Crippen LogP contribution in [-0.4, -0.2) is 31.4 Å². The summed E-state index contributed by atoms with van der Waals surface area (Å²) in [7, 11) is 0. The molecule has 0 atom stereocenters. The second kappa shape index (κ2) is 5.33. The van der Waals surface area contributed by atoms with Gasteiger partial charge in [0.25, 0.3) is 0 Å². The Kier molecular flexibility index (Phi) is 3.36. The zero-order chi connectivity index (χ0) is 14.8. The fourth-order valence-electron chi connectivity index (χ4n) is 1.90. The van der Waals surface area contributed by atoms with E-state index in [2.05, 4.69) is 15.3 Å². The summed E-state index contributed by atoms with van der Waals surface area (Å²) < 4.78 is 1.83. The van der Waals surface area contributed by atoms with Gasteiger partial charge in [0.2, 0.25) is 5.91 Å². The Morgan fingerprint density at radius 2 is 2.29 bits per heavy atom. The summed E-state index contributed by atoms with van der Waals surface area (Å²) in [6.45, 7) is 0. The van der Waals surface area contributed by atoms with Crippen molar-refractivity contribution in [1.82, 2.24) is 14.4 Å². The molecule has 3 rings (SSSR count). The maximum atomic E-state index is 12.0. The van der Waals surface area contributed by atoms with Crippen LogP contribution in [0, 0.1) is 0 Å². The molecule has 3 heterocycles. The number of hydrogen-bond donors (Lipinski definition) is 2. The number of hydrogen-bond acceptors (Lipinski definition) is 5. The van der Waals surface area contributed by atoms with Crippen LogP contribution in [0.5, 0.6) is 0 Å². The summed E-state index contributed by atoms with van der Waals surface area (Å²) in [5.41, 5.74) is 0.618. The first-order valence-corrected chi connectivity index (χ1v) is 6.90. The Bertz CT molecular complexity index is 795. The zero-order valence-corrected chi connectivity index (χ0v) is 11.5. The van der Waals surface area contributed by atoms with E-state index >= 15 is 0 Å². The summed E-state index contributed by atoms with van der Waals surface area (Å²) in [5, 5.41) is 13.5. The molecule has 0 saturated carbocycles. The van der Waals surface area contributed by atoms with E-state index in [0.29, 0.717) is 5.69 Å². The van der Waals surface area contributed by atoms with Crippen LogP contribution in [0.15, 0.2) is 36.1 Å². The van der Waals surface area contributed by atoms with Crippen LogP contribution in [-0.2, 0) is 11.2 Å². The lowest BCUT2D eigenvalue weighted by atomic mass is 10.2. The fourth-order valence-corrected chi connectivity index (χ4v) is 2.62. The zero-order valence-electron chi connectivity index (χ0n) is 10.7. The number of aromatic carboxylic acids is 1. The lowest BCUT2D eigenvalue weighted by Gasteiger charge is -2.06. The number of carbonyl (C=O) groups excluding carboxylic acids is 1. The van der Waals surface area contributed by atoms with Crippen LogP contribution in [0.3, 0.4) is 0 Å². The Morgan fingerprint density at radius 1 is 1.43 bits per heavy atom. The number of anilines is 1. The number of imidazole rings is 1. The lowest BCUT2D eigenvalue weighted by Crippen LogP contribution is -2.17. The van der Waals surface area contributed by atoms with Crippen molar-refractivity contribution < 1.29 is 14.7 Å². The molecule has 0 radical (unpaired) electrons. The number of pyridine rings is 1. The molecule has 21 heavy (non-hydrogen) atoms. The molecule has 0 aromatic carbocycles. The Morgan fingerprint density at radius 3 is 3.05 bits per heavy atom. The molecule has 0 fully saturated rings. The van der Waals surface area contributed by atoms with Crippen LogP contribution in [0.1, 0.15) is 16.2 Å². The highest BCUT2D eigenvalue weighted by Crippen LogP contribution is 2.14. The first-order valence-electron chi connectivity index (χ1n) is 6.03. The maximum absolute atomic E-state index is 12.0. The van der Waals surface area contributed by atoms with Crippen LogP contribution in [0.25, 0.3) is 4.96 Å². The topological polar surface area (TPSA) is 96.6 Å². The molecule has 8 heteroatoms. The molecule has 2 N–H and O–H groups in total. The third kappa shape index (κ3) is 2.75. The van der Waals surface area contributed by atoms with Crippen molar-refractivity contribution in [3.63, 3.8) is 0 Å². The standard InChI is InChI=1S/C13H10N4O3S/c18-10(6-8-7-17-4-5-21-13(17)15-8)16-9-2-1-3-14-11(9)12(19)20/h1-5,7H,6H2,(H,16,18)(H,19,20). The molecule has 0 unspecified atom stereocenters. The third-order valence-corrected chi connectivity index (χ3v) is 3.54. The predicted octanol–water partition coefficient (Wildman–Crippen LogP) is 1.67. The van der Waals surface area contributed by atoms with Gasteiger partial charge in [-0.05, 0) is 12.1 Å². The summed E-state index contributed by atoms with van der Waals surface area (Å²) in [5.74, 6) is -1.52. The molecule has 7 nitrogen and oxygen atoms in total. The molecular weight excluding hydrogens is 292 g/mol.